The first-order chi connectivity index (χ1) is 6.68. The Morgan fingerprint density at radius 2 is 2.00 bits per heavy atom. The van der Waals surface area contributed by atoms with Gasteiger partial charge in [-0.25, -0.2) is 0 Å². The lowest BCUT2D eigenvalue weighted by Gasteiger charge is -2.34. The summed E-state index contributed by atoms with van der Waals surface area (Å²) in [4.78, 5) is 0. The minimum absolute atomic E-state index is 0.122. The number of aliphatic hydroxyl groups excluding tert-OH is 1. The third-order valence-corrected chi connectivity index (χ3v) is 4.22. The van der Waals surface area contributed by atoms with Crippen LogP contribution in [0.3, 0.4) is 0 Å². The maximum absolute atomic E-state index is 9.82. The van der Waals surface area contributed by atoms with Gasteiger partial charge in [-0.2, -0.15) is 0 Å². The highest BCUT2D eigenvalue weighted by atomic mass is 16.3. The van der Waals surface area contributed by atoms with Gasteiger partial charge in [-0.05, 0) is 43.4 Å². The van der Waals surface area contributed by atoms with Crippen molar-refractivity contribution in [3.63, 3.8) is 0 Å². The monoisotopic (exact) mass is 194 g/mol. The van der Waals surface area contributed by atoms with Crippen LogP contribution >= 0.6 is 0 Å². The molecule has 1 heteroatoms. The summed E-state index contributed by atoms with van der Waals surface area (Å²) >= 11 is 0. The first-order valence-electron chi connectivity index (χ1n) is 6.04. The van der Waals surface area contributed by atoms with Crippen molar-refractivity contribution in [3.8, 4) is 0 Å². The minimum atomic E-state index is -0.122. The molecule has 0 heterocycles. The molecular weight excluding hydrogens is 172 g/mol. The summed E-state index contributed by atoms with van der Waals surface area (Å²) in [5.41, 5.74) is 1.33. The Bertz CT molecular complexity index is 221. The zero-order valence-corrected chi connectivity index (χ0v) is 9.21. The quantitative estimate of drug-likeness (QED) is 0.587. The number of fused-ring (bicyclic) bond motifs is 1. The SMILES string of the molecule is C=C1CC(O)CC(C)C2CCCCC12. The molecule has 4 unspecified atom stereocenters. The summed E-state index contributed by atoms with van der Waals surface area (Å²) in [6, 6.07) is 0. The molecule has 0 aromatic heterocycles. The van der Waals surface area contributed by atoms with Crippen molar-refractivity contribution in [3.05, 3.63) is 12.2 Å². The van der Waals surface area contributed by atoms with E-state index in [9.17, 15) is 5.11 Å². The fraction of sp³-hybridized carbons (Fsp3) is 0.846. The van der Waals surface area contributed by atoms with E-state index >= 15 is 0 Å². The zero-order valence-electron chi connectivity index (χ0n) is 9.21. The second-order valence-electron chi connectivity index (χ2n) is 5.28. The average Bonchev–Trinajstić information content (AvgIpc) is 2.26. The maximum atomic E-state index is 9.82. The smallest absolute Gasteiger partial charge is 0.0580 e. The second-order valence-corrected chi connectivity index (χ2v) is 5.28. The molecule has 0 aromatic rings. The zero-order chi connectivity index (χ0) is 10.1. The van der Waals surface area contributed by atoms with Gasteiger partial charge in [0.15, 0.2) is 0 Å². The van der Waals surface area contributed by atoms with E-state index in [2.05, 4.69) is 13.5 Å². The number of aliphatic hydroxyl groups is 1. The standard InChI is InChI=1S/C13H22O/c1-9-7-11(14)8-10(2)13-6-4-3-5-12(9)13/h10-14H,1,3-8H2,2H3. The van der Waals surface area contributed by atoms with Crippen LogP contribution in [0.2, 0.25) is 0 Å². The van der Waals surface area contributed by atoms with Crippen molar-refractivity contribution in [1.82, 2.24) is 0 Å². The number of hydrogen-bond acceptors (Lipinski definition) is 1. The van der Waals surface area contributed by atoms with Gasteiger partial charge in [0.25, 0.3) is 0 Å². The molecule has 80 valence electrons. The number of hydrogen-bond donors (Lipinski definition) is 1. The van der Waals surface area contributed by atoms with Crippen molar-refractivity contribution in [2.45, 2.75) is 51.6 Å². The van der Waals surface area contributed by atoms with Gasteiger partial charge in [-0.1, -0.05) is 31.9 Å². The first kappa shape index (κ1) is 10.2. The summed E-state index contributed by atoms with van der Waals surface area (Å²) in [7, 11) is 0. The lowest BCUT2D eigenvalue weighted by Crippen LogP contribution is -2.24. The van der Waals surface area contributed by atoms with E-state index in [1.807, 2.05) is 0 Å². The van der Waals surface area contributed by atoms with Crippen LogP contribution in [0.4, 0.5) is 0 Å². The molecule has 0 radical (unpaired) electrons. The van der Waals surface area contributed by atoms with E-state index in [1.54, 1.807) is 0 Å². The lowest BCUT2D eigenvalue weighted by atomic mass is 9.71. The van der Waals surface area contributed by atoms with Gasteiger partial charge in [-0.3, -0.25) is 0 Å². The highest BCUT2D eigenvalue weighted by Gasteiger charge is 2.35. The van der Waals surface area contributed by atoms with Gasteiger partial charge in [0.2, 0.25) is 0 Å². The second kappa shape index (κ2) is 4.06. The van der Waals surface area contributed by atoms with Gasteiger partial charge in [-0.15, -0.1) is 0 Å². The molecule has 2 aliphatic carbocycles. The molecule has 0 saturated heterocycles. The molecule has 1 nitrogen and oxygen atoms in total. The third kappa shape index (κ3) is 1.88. The molecule has 0 amide bonds. The third-order valence-electron chi connectivity index (χ3n) is 4.22. The lowest BCUT2D eigenvalue weighted by molar-refractivity contribution is 0.131. The molecule has 2 fully saturated rings. The van der Waals surface area contributed by atoms with Crippen LogP contribution in [0.15, 0.2) is 12.2 Å². The maximum Gasteiger partial charge on any atom is 0.0580 e. The largest absolute Gasteiger partial charge is 0.393 e. The molecular formula is C13H22O. The van der Waals surface area contributed by atoms with Crippen molar-refractivity contribution in [1.29, 1.82) is 0 Å². The fourth-order valence-electron chi connectivity index (χ4n) is 3.49. The van der Waals surface area contributed by atoms with Gasteiger partial charge in [0.1, 0.15) is 0 Å². The van der Waals surface area contributed by atoms with E-state index in [0.29, 0.717) is 5.92 Å². The van der Waals surface area contributed by atoms with E-state index in [0.717, 1.165) is 24.7 Å². The van der Waals surface area contributed by atoms with Crippen LogP contribution in [-0.2, 0) is 0 Å². The van der Waals surface area contributed by atoms with Crippen LogP contribution in [0.1, 0.15) is 45.4 Å². The highest BCUT2D eigenvalue weighted by molar-refractivity contribution is 5.08. The summed E-state index contributed by atoms with van der Waals surface area (Å²) in [6.45, 7) is 6.49. The summed E-state index contributed by atoms with van der Waals surface area (Å²) in [5, 5.41) is 9.82. The van der Waals surface area contributed by atoms with E-state index in [1.165, 1.54) is 31.3 Å². The molecule has 2 rings (SSSR count). The van der Waals surface area contributed by atoms with Gasteiger partial charge >= 0.3 is 0 Å². The van der Waals surface area contributed by atoms with Crippen LogP contribution in [0.25, 0.3) is 0 Å². The molecule has 2 saturated carbocycles. The molecule has 0 aliphatic heterocycles. The Hall–Kier alpha value is -0.300. The summed E-state index contributed by atoms with van der Waals surface area (Å²) in [6.07, 6.45) is 7.14. The van der Waals surface area contributed by atoms with E-state index in [4.69, 9.17) is 0 Å². The normalized spacial score (nSPS) is 44.3. The van der Waals surface area contributed by atoms with Crippen LogP contribution in [-0.4, -0.2) is 11.2 Å². The highest BCUT2D eigenvalue weighted by Crippen LogP contribution is 2.44. The Morgan fingerprint density at radius 3 is 2.79 bits per heavy atom. The van der Waals surface area contributed by atoms with Crippen LogP contribution in [0.5, 0.6) is 0 Å². The van der Waals surface area contributed by atoms with Crippen molar-refractivity contribution in [2.24, 2.45) is 17.8 Å². The molecule has 0 aromatic carbocycles. The molecule has 2 aliphatic rings. The summed E-state index contributed by atoms with van der Waals surface area (Å²) in [5.74, 6) is 2.22. The summed E-state index contributed by atoms with van der Waals surface area (Å²) < 4.78 is 0. The van der Waals surface area contributed by atoms with E-state index in [-0.39, 0.29) is 6.10 Å². The van der Waals surface area contributed by atoms with E-state index < -0.39 is 0 Å². The Balaban J connectivity index is 2.16. The van der Waals surface area contributed by atoms with Gasteiger partial charge < -0.3 is 5.11 Å². The van der Waals surface area contributed by atoms with Crippen LogP contribution in [0, 0.1) is 17.8 Å². The predicted molar refractivity (Wildman–Crippen MR) is 59.0 cm³/mol. The van der Waals surface area contributed by atoms with Crippen molar-refractivity contribution < 1.29 is 5.11 Å². The molecule has 0 bridgehead atoms. The van der Waals surface area contributed by atoms with Gasteiger partial charge in [0, 0.05) is 0 Å². The topological polar surface area (TPSA) is 20.2 Å². The first-order valence-corrected chi connectivity index (χ1v) is 6.04. The minimum Gasteiger partial charge on any atom is -0.393 e. The molecule has 4 atom stereocenters. The molecule has 0 spiro atoms. The molecule has 14 heavy (non-hydrogen) atoms. The Labute approximate surface area is 87.2 Å². The van der Waals surface area contributed by atoms with Gasteiger partial charge in [0.05, 0.1) is 6.10 Å². The fourth-order valence-corrected chi connectivity index (χ4v) is 3.49. The van der Waals surface area contributed by atoms with Crippen molar-refractivity contribution in [2.75, 3.05) is 0 Å². The Morgan fingerprint density at radius 1 is 1.29 bits per heavy atom. The average molecular weight is 194 g/mol. The van der Waals surface area contributed by atoms with Crippen molar-refractivity contribution >= 4 is 0 Å². The Kier molecular flexibility index (Phi) is 2.96. The molecule has 1 N–H and O–H groups in total. The predicted octanol–water partition coefficient (Wildman–Crippen LogP) is 3.14. The van der Waals surface area contributed by atoms with Crippen LogP contribution < -0.4 is 0 Å². The number of rotatable bonds is 0.